The average molecular weight is 404 g/mol. The van der Waals surface area contributed by atoms with Crippen molar-refractivity contribution in [3.05, 3.63) is 71.3 Å². The number of fused-ring (bicyclic) bond motifs is 2. The van der Waals surface area contributed by atoms with Gasteiger partial charge in [-0.25, -0.2) is 4.79 Å². The number of benzene rings is 2. The highest BCUT2D eigenvalue weighted by Gasteiger charge is 2.48. The zero-order valence-electron chi connectivity index (χ0n) is 17.3. The van der Waals surface area contributed by atoms with E-state index >= 15 is 0 Å². The van der Waals surface area contributed by atoms with Crippen LogP contribution >= 0.6 is 0 Å². The van der Waals surface area contributed by atoms with Crippen molar-refractivity contribution in [1.82, 2.24) is 5.32 Å². The van der Waals surface area contributed by atoms with Crippen LogP contribution < -0.4 is 5.32 Å². The van der Waals surface area contributed by atoms with Gasteiger partial charge in [0, 0.05) is 17.5 Å². The van der Waals surface area contributed by atoms with Crippen molar-refractivity contribution in [1.29, 1.82) is 0 Å². The Morgan fingerprint density at radius 3 is 2.27 bits per heavy atom. The van der Waals surface area contributed by atoms with Gasteiger partial charge in [0.2, 0.25) is 5.91 Å². The first-order valence-electron chi connectivity index (χ1n) is 11.3. The minimum Gasteiger partial charge on any atom is -0.451 e. The number of carbonyl (C=O) groups is 2. The molecular formula is C26H29NO3. The molecule has 3 aliphatic rings. The second-order valence-corrected chi connectivity index (χ2v) is 9.17. The molecule has 1 spiro atoms. The van der Waals surface area contributed by atoms with E-state index in [1.165, 1.54) is 5.56 Å². The van der Waals surface area contributed by atoms with E-state index in [-0.39, 0.29) is 17.8 Å². The highest BCUT2D eigenvalue weighted by atomic mass is 16.6. The highest BCUT2D eigenvalue weighted by molar-refractivity contribution is 5.94. The molecule has 0 aromatic heterocycles. The van der Waals surface area contributed by atoms with E-state index in [9.17, 15) is 9.59 Å². The molecule has 30 heavy (non-hydrogen) atoms. The van der Waals surface area contributed by atoms with Crippen LogP contribution in [0.3, 0.4) is 0 Å². The third kappa shape index (κ3) is 3.53. The largest absolute Gasteiger partial charge is 0.451 e. The molecule has 0 unspecified atom stereocenters. The van der Waals surface area contributed by atoms with Gasteiger partial charge in [-0.1, -0.05) is 48.5 Å². The van der Waals surface area contributed by atoms with Gasteiger partial charge in [0.25, 0.3) is 0 Å². The number of hydrogen-bond acceptors (Lipinski definition) is 3. The van der Waals surface area contributed by atoms with Gasteiger partial charge in [-0.2, -0.15) is 0 Å². The smallest absolute Gasteiger partial charge is 0.339 e. The summed E-state index contributed by atoms with van der Waals surface area (Å²) in [6.45, 7) is 0. The zero-order chi connectivity index (χ0) is 20.6. The molecule has 0 atom stereocenters. The molecule has 156 valence electrons. The van der Waals surface area contributed by atoms with Crippen LogP contribution in [0.25, 0.3) is 0 Å². The third-order valence-corrected chi connectivity index (χ3v) is 7.43. The minimum atomic E-state index is -0.516. The summed E-state index contributed by atoms with van der Waals surface area (Å²) in [5.74, 6) is 0.606. The van der Waals surface area contributed by atoms with Crippen molar-refractivity contribution in [2.24, 2.45) is 5.92 Å². The minimum absolute atomic E-state index is 0.0222. The lowest BCUT2D eigenvalue weighted by Gasteiger charge is -2.37. The normalized spacial score (nSPS) is 30.5. The van der Waals surface area contributed by atoms with Gasteiger partial charge in [-0.3, -0.25) is 4.79 Å². The average Bonchev–Trinajstić information content (AvgIpc) is 3.07. The number of hydrogen-bond donors (Lipinski definition) is 1. The summed E-state index contributed by atoms with van der Waals surface area (Å²) in [5, 5.41) is 3.32. The first-order valence-corrected chi connectivity index (χ1v) is 11.3. The standard InChI is InChI=1S/C26H29NO3/c28-24(27-21-12-10-19(11-13-21)18-6-2-1-3-7-18)20-14-16-26(17-15-20)23-9-5-4-8-22(23)25(29)30-26/h1-9,19-21H,10-17H2,(H,27,28)/t19-,20?,21-,26?. The van der Waals surface area contributed by atoms with Crippen molar-refractivity contribution < 1.29 is 14.3 Å². The van der Waals surface area contributed by atoms with E-state index in [1.807, 2.05) is 24.3 Å². The summed E-state index contributed by atoms with van der Waals surface area (Å²) in [4.78, 5) is 25.2. The van der Waals surface area contributed by atoms with Gasteiger partial charge in [0.05, 0.1) is 5.56 Å². The van der Waals surface area contributed by atoms with Gasteiger partial charge in [-0.15, -0.1) is 0 Å². The van der Waals surface area contributed by atoms with E-state index in [0.29, 0.717) is 17.5 Å². The van der Waals surface area contributed by atoms with E-state index in [0.717, 1.165) is 56.9 Å². The summed E-state index contributed by atoms with van der Waals surface area (Å²) in [5.41, 5.74) is 2.60. The van der Waals surface area contributed by atoms with Gasteiger partial charge in [-0.05, 0) is 68.9 Å². The van der Waals surface area contributed by atoms with Crippen molar-refractivity contribution >= 4 is 11.9 Å². The molecule has 1 aliphatic heterocycles. The van der Waals surface area contributed by atoms with Crippen molar-refractivity contribution in [3.63, 3.8) is 0 Å². The van der Waals surface area contributed by atoms with Crippen LogP contribution in [-0.2, 0) is 15.1 Å². The van der Waals surface area contributed by atoms with E-state index < -0.39 is 5.60 Å². The molecule has 1 heterocycles. The molecule has 4 nitrogen and oxygen atoms in total. The Morgan fingerprint density at radius 2 is 1.53 bits per heavy atom. The monoisotopic (exact) mass is 403 g/mol. The summed E-state index contributed by atoms with van der Waals surface area (Å²) < 4.78 is 5.82. The second kappa shape index (κ2) is 7.90. The van der Waals surface area contributed by atoms with Crippen LogP contribution in [-0.4, -0.2) is 17.9 Å². The third-order valence-electron chi connectivity index (χ3n) is 7.43. The Balaban J connectivity index is 1.15. The molecule has 2 aromatic rings. The number of ether oxygens (including phenoxy) is 1. The van der Waals surface area contributed by atoms with Crippen molar-refractivity contribution in [3.8, 4) is 0 Å². The molecule has 4 heteroatoms. The Bertz CT molecular complexity index is 922. The number of carbonyl (C=O) groups excluding carboxylic acids is 2. The van der Waals surface area contributed by atoms with Crippen molar-refractivity contribution in [2.45, 2.75) is 68.9 Å². The van der Waals surface area contributed by atoms with Crippen LogP contribution in [0.2, 0.25) is 0 Å². The maximum Gasteiger partial charge on any atom is 0.339 e. The molecule has 0 saturated heterocycles. The van der Waals surface area contributed by atoms with Crippen LogP contribution in [0, 0.1) is 5.92 Å². The van der Waals surface area contributed by atoms with Crippen LogP contribution in [0.4, 0.5) is 0 Å². The van der Waals surface area contributed by atoms with E-state index in [2.05, 4.69) is 35.6 Å². The first-order chi connectivity index (χ1) is 14.6. The molecule has 5 rings (SSSR count). The molecule has 2 saturated carbocycles. The Labute approximate surface area is 178 Å². The summed E-state index contributed by atoms with van der Waals surface area (Å²) in [6, 6.07) is 18.7. The number of amides is 1. The fraction of sp³-hybridized carbons (Fsp3) is 0.462. The number of rotatable bonds is 3. The Morgan fingerprint density at radius 1 is 0.867 bits per heavy atom. The summed E-state index contributed by atoms with van der Waals surface area (Å²) in [7, 11) is 0. The number of esters is 1. The lowest BCUT2D eigenvalue weighted by molar-refractivity contribution is -0.129. The van der Waals surface area contributed by atoms with Crippen LogP contribution in [0.15, 0.2) is 54.6 Å². The molecule has 2 fully saturated rings. The molecule has 1 amide bonds. The van der Waals surface area contributed by atoms with E-state index in [1.54, 1.807) is 0 Å². The fourth-order valence-electron chi connectivity index (χ4n) is 5.68. The predicted octanol–water partition coefficient (Wildman–Crippen LogP) is 5.09. The maximum absolute atomic E-state index is 12.9. The SMILES string of the molecule is O=C1OC2(CCC(C(=O)N[C@H]3CC[C@H](c4ccccc4)CC3)CC2)c2ccccc21. The Hall–Kier alpha value is -2.62. The first kappa shape index (κ1) is 19.3. The number of nitrogens with one attached hydrogen (secondary N) is 1. The van der Waals surface area contributed by atoms with Crippen LogP contribution in [0.5, 0.6) is 0 Å². The molecular weight excluding hydrogens is 374 g/mol. The second-order valence-electron chi connectivity index (χ2n) is 9.17. The van der Waals surface area contributed by atoms with Gasteiger partial charge in [0.1, 0.15) is 5.60 Å². The lowest BCUT2D eigenvalue weighted by atomic mass is 9.74. The van der Waals surface area contributed by atoms with Crippen LogP contribution in [0.1, 0.15) is 78.8 Å². The van der Waals surface area contributed by atoms with Crippen molar-refractivity contribution in [2.75, 3.05) is 0 Å². The zero-order valence-corrected chi connectivity index (χ0v) is 17.3. The molecule has 1 N–H and O–H groups in total. The molecule has 0 radical (unpaired) electrons. The Kier molecular flexibility index (Phi) is 5.10. The van der Waals surface area contributed by atoms with E-state index in [4.69, 9.17) is 4.74 Å². The predicted molar refractivity (Wildman–Crippen MR) is 115 cm³/mol. The summed E-state index contributed by atoms with van der Waals surface area (Å²) >= 11 is 0. The fourth-order valence-corrected chi connectivity index (χ4v) is 5.68. The topological polar surface area (TPSA) is 55.4 Å². The molecule has 2 aliphatic carbocycles. The molecule has 2 aromatic carbocycles. The quantitative estimate of drug-likeness (QED) is 0.727. The van der Waals surface area contributed by atoms with Gasteiger partial charge < -0.3 is 10.1 Å². The lowest BCUT2D eigenvalue weighted by Crippen LogP contribution is -2.43. The summed E-state index contributed by atoms with van der Waals surface area (Å²) in [6.07, 6.45) is 7.37. The highest BCUT2D eigenvalue weighted by Crippen LogP contribution is 2.48. The van der Waals surface area contributed by atoms with Gasteiger partial charge in [0.15, 0.2) is 0 Å². The maximum atomic E-state index is 12.9. The molecule has 0 bridgehead atoms. The van der Waals surface area contributed by atoms with Gasteiger partial charge >= 0.3 is 5.97 Å².